The van der Waals surface area contributed by atoms with Crippen molar-refractivity contribution >= 4 is 23.4 Å². The summed E-state index contributed by atoms with van der Waals surface area (Å²) in [4.78, 5) is 25.0. The first-order chi connectivity index (χ1) is 14.2. The van der Waals surface area contributed by atoms with Gasteiger partial charge in [0.1, 0.15) is 12.1 Å². The van der Waals surface area contributed by atoms with Crippen LogP contribution >= 0.6 is 0 Å². The van der Waals surface area contributed by atoms with E-state index in [1.807, 2.05) is 26.8 Å². The van der Waals surface area contributed by atoms with Crippen molar-refractivity contribution in [3.63, 3.8) is 0 Å². The number of aromatic nitrogens is 4. The highest BCUT2D eigenvalue weighted by Gasteiger charge is 2.27. The van der Waals surface area contributed by atoms with Crippen molar-refractivity contribution in [1.82, 2.24) is 20.2 Å². The van der Waals surface area contributed by atoms with Crippen molar-refractivity contribution in [3.8, 4) is 11.4 Å². The average molecular weight is 410 g/mol. The van der Waals surface area contributed by atoms with Crippen molar-refractivity contribution in [2.24, 2.45) is 0 Å². The van der Waals surface area contributed by atoms with Crippen LogP contribution in [0.3, 0.4) is 0 Å². The van der Waals surface area contributed by atoms with Crippen LogP contribution in [0.1, 0.15) is 20.8 Å². The van der Waals surface area contributed by atoms with Crippen LogP contribution in [0.5, 0.6) is 5.75 Å². The molecule has 0 radical (unpaired) electrons. The van der Waals surface area contributed by atoms with E-state index in [4.69, 9.17) is 4.74 Å². The number of hydrogen-bond donors (Lipinski definition) is 2. The fourth-order valence-corrected chi connectivity index (χ4v) is 2.82. The molecule has 0 saturated carbocycles. The summed E-state index contributed by atoms with van der Waals surface area (Å²) in [5.41, 5.74) is 1.16. The molecule has 0 bridgehead atoms. The van der Waals surface area contributed by atoms with Crippen LogP contribution in [0, 0.1) is 0 Å². The zero-order chi connectivity index (χ0) is 21.7. The number of nitrogens with zero attached hydrogens (tertiary/aromatic N) is 5. The molecule has 0 unspecified atom stereocenters. The smallest absolute Gasteiger partial charge is 0.412 e. The minimum atomic E-state index is -1.04. The Kier molecular flexibility index (Phi) is 5.95. The molecular formula is C20H22N6O4. The number of carboxylic acid groups (broad SMARTS) is 1. The zero-order valence-corrected chi connectivity index (χ0v) is 16.8. The van der Waals surface area contributed by atoms with Gasteiger partial charge in [0.15, 0.2) is 6.61 Å². The van der Waals surface area contributed by atoms with Crippen LogP contribution in [-0.2, 0) is 4.79 Å². The van der Waals surface area contributed by atoms with Crippen LogP contribution in [0.25, 0.3) is 5.69 Å². The Hall–Kier alpha value is -3.95. The van der Waals surface area contributed by atoms with Gasteiger partial charge in [0, 0.05) is 23.0 Å². The molecule has 0 fully saturated rings. The molecule has 0 saturated heterocycles. The number of rotatable bonds is 6. The molecule has 1 heterocycles. The van der Waals surface area contributed by atoms with Gasteiger partial charge >= 0.3 is 6.09 Å². The Labute approximate surface area is 173 Å². The maximum absolute atomic E-state index is 12.2. The number of amides is 2. The van der Waals surface area contributed by atoms with Gasteiger partial charge in [-0.2, -0.15) is 0 Å². The second-order valence-electron chi connectivity index (χ2n) is 7.42. The normalized spacial score (nSPS) is 11.0. The number of carbonyl (C=O) groups is 2. The van der Waals surface area contributed by atoms with E-state index in [2.05, 4.69) is 20.8 Å². The third kappa shape index (κ3) is 5.10. The van der Waals surface area contributed by atoms with E-state index in [9.17, 15) is 14.7 Å². The summed E-state index contributed by atoms with van der Waals surface area (Å²) in [6.07, 6.45) is 0.414. The van der Waals surface area contributed by atoms with E-state index >= 15 is 0 Å². The second-order valence-corrected chi connectivity index (χ2v) is 7.42. The lowest BCUT2D eigenvalue weighted by Crippen LogP contribution is -2.45. The third-order valence-electron chi connectivity index (χ3n) is 4.07. The summed E-state index contributed by atoms with van der Waals surface area (Å²) in [7, 11) is 0. The van der Waals surface area contributed by atoms with E-state index in [1.54, 1.807) is 42.5 Å². The number of benzene rings is 2. The standard InChI is InChI=1S/C20H22N6O4/c1-20(2,3)26(19(28)29)15-9-7-14(8-10-15)22-18(27)12-30-17-6-4-5-16(11-17)25-13-21-23-24-25/h4-11,13H,12H2,1-3H3,(H,22,27)(H,28,29). The first-order valence-electron chi connectivity index (χ1n) is 9.13. The molecule has 10 nitrogen and oxygen atoms in total. The number of anilines is 2. The third-order valence-corrected chi connectivity index (χ3v) is 4.07. The van der Waals surface area contributed by atoms with E-state index in [-0.39, 0.29) is 12.5 Å². The van der Waals surface area contributed by atoms with E-state index < -0.39 is 11.6 Å². The largest absolute Gasteiger partial charge is 0.484 e. The second kappa shape index (κ2) is 8.60. The first kappa shape index (κ1) is 20.8. The van der Waals surface area contributed by atoms with E-state index in [0.717, 1.165) is 0 Å². The molecular weight excluding hydrogens is 388 g/mol. The van der Waals surface area contributed by atoms with Crippen LogP contribution in [0.4, 0.5) is 16.2 Å². The number of carbonyl (C=O) groups excluding carboxylic acids is 1. The topological polar surface area (TPSA) is 122 Å². The fraction of sp³-hybridized carbons (Fsp3) is 0.250. The van der Waals surface area contributed by atoms with Gasteiger partial charge in [0.2, 0.25) is 0 Å². The van der Waals surface area contributed by atoms with Gasteiger partial charge < -0.3 is 15.2 Å². The zero-order valence-electron chi connectivity index (χ0n) is 16.8. The molecule has 2 aromatic carbocycles. The van der Waals surface area contributed by atoms with Crippen LogP contribution in [-0.4, -0.2) is 49.5 Å². The quantitative estimate of drug-likeness (QED) is 0.640. The summed E-state index contributed by atoms with van der Waals surface area (Å²) in [5.74, 6) is 0.150. The van der Waals surface area contributed by atoms with Crippen molar-refractivity contribution < 1.29 is 19.4 Å². The van der Waals surface area contributed by atoms with Gasteiger partial charge in [-0.3, -0.25) is 9.69 Å². The molecule has 10 heteroatoms. The monoisotopic (exact) mass is 410 g/mol. The molecule has 3 rings (SSSR count). The average Bonchev–Trinajstić information content (AvgIpc) is 3.22. The summed E-state index contributed by atoms with van der Waals surface area (Å²) in [5, 5.41) is 23.2. The maximum atomic E-state index is 12.2. The Bertz CT molecular complexity index is 1010. The lowest BCUT2D eigenvalue weighted by Gasteiger charge is -2.33. The first-order valence-corrected chi connectivity index (χ1v) is 9.13. The summed E-state index contributed by atoms with van der Waals surface area (Å²) in [6.45, 7) is 5.23. The predicted octanol–water partition coefficient (Wildman–Crippen LogP) is 2.96. The Morgan fingerprint density at radius 2 is 1.90 bits per heavy atom. The van der Waals surface area contributed by atoms with Gasteiger partial charge in [-0.05, 0) is 67.6 Å². The van der Waals surface area contributed by atoms with Crippen LogP contribution < -0.4 is 15.0 Å². The van der Waals surface area contributed by atoms with Crippen molar-refractivity contribution in [2.45, 2.75) is 26.3 Å². The highest BCUT2D eigenvalue weighted by Crippen LogP contribution is 2.25. The number of tetrazole rings is 1. The van der Waals surface area contributed by atoms with E-state index in [1.165, 1.54) is 15.9 Å². The summed E-state index contributed by atoms with van der Waals surface area (Å²) >= 11 is 0. The van der Waals surface area contributed by atoms with Crippen LogP contribution in [0.2, 0.25) is 0 Å². The van der Waals surface area contributed by atoms with Crippen molar-refractivity contribution in [1.29, 1.82) is 0 Å². The van der Waals surface area contributed by atoms with Gasteiger partial charge in [-0.25, -0.2) is 9.48 Å². The molecule has 0 aliphatic carbocycles. The molecule has 2 N–H and O–H groups in total. The summed E-state index contributed by atoms with van der Waals surface area (Å²) < 4.78 is 7.02. The summed E-state index contributed by atoms with van der Waals surface area (Å²) in [6, 6.07) is 13.6. The molecule has 156 valence electrons. The van der Waals surface area contributed by atoms with Gasteiger partial charge in [-0.15, -0.1) is 5.10 Å². The molecule has 0 aliphatic heterocycles. The predicted molar refractivity (Wildman–Crippen MR) is 110 cm³/mol. The number of ether oxygens (including phenoxy) is 1. The highest BCUT2D eigenvalue weighted by molar-refractivity contribution is 5.93. The van der Waals surface area contributed by atoms with E-state index in [0.29, 0.717) is 22.8 Å². The molecule has 1 aromatic heterocycles. The minimum Gasteiger partial charge on any atom is -0.484 e. The maximum Gasteiger partial charge on any atom is 0.412 e. The van der Waals surface area contributed by atoms with Gasteiger partial charge in [-0.1, -0.05) is 6.07 Å². The minimum absolute atomic E-state index is 0.190. The SMILES string of the molecule is CC(C)(C)N(C(=O)O)c1ccc(NC(=O)COc2cccc(-n3cnnn3)c2)cc1. The molecule has 3 aromatic rings. The molecule has 0 atom stereocenters. The fourth-order valence-electron chi connectivity index (χ4n) is 2.82. The lowest BCUT2D eigenvalue weighted by molar-refractivity contribution is -0.118. The Morgan fingerprint density at radius 1 is 1.17 bits per heavy atom. The molecule has 0 aliphatic rings. The van der Waals surface area contributed by atoms with Gasteiger partial charge in [0.05, 0.1) is 5.69 Å². The van der Waals surface area contributed by atoms with Crippen LogP contribution in [0.15, 0.2) is 54.9 Å². The number of hydrogen-bond acceptors (Lipinski definition) is 6. The lowest BCUT2D eigenvalue weighted by atomic mass is 10.1. The molecule has 30 heavy (non-hydrogen) atoms. The molecule has 0 spiro atoms. The van der Waals surface area contributed by atoms with Gasteiger partial charge in [0.25, 0.3) is 5.91 Å². The number of nitrogens with one attached hydrogen (secondary N) is 1. The Morgan fingerprint density at radius 3 is 2.50 bits per heavy atom. The highest BCUT2D eigenvalue weighted by atomic mass is 16.5. The van der Waals surface area contributed by atoms with Crippen molar-refractivity contribution in [3.05, 3.63) is 54.9 Å². The molecule has 2 amide bonds. The van der Waals surface area contributed by atoms with Crippen molar-refractivity contribution in [2.75, 3.05) is 16.8 Å². The Balaban J connectivity index is 1.59.